The van der Waals surface area contributed by atoms with Crippen molar-refractivity contribution in [2.24, 2.45) is 0 Å². The number of piperazine rings is 1. The van der Waals surface area contributed by atoms with E-state index in [0.717, 1.165) is 51.0 Å². The van der Waals surface area contributed by atoms with Crippen LogP contribution in [0.15, 0.2) is 30.3 Å². The van der Waals surface area contributed by atoms with Crippen LogP contribution in [0.5, 0.6) is 0 Å². The molecule has 2 saturated heterocycles. The summed E-state index contributed by atoms with van der Waals surface area (Å²) >= 11 is 0. The third-order valence-corrected chi connectivity index (χ3v) is 7.30. The first kappa shape index (κ1) is 20.9. The van der Waals surface area contributed by atoms with E-state index >= 15 is 0 Å². The predicted octanol–water partition coefficient (Wildman–Crippen LogP) is 2.56. The van der Waals surface area contributed by atoms with E-state index < -0.39 is 0 Å². The Bertz CT molecular complexity index is 869. The highest BCUT2D eigenvalue weighted by atomic mass is 15.3. The van der Waals surface area contributed by atoms with E-state index in [1.54, 1.807) is 0 Å². The minimum absolute atomic E-state index is 0.735. The van der Waals surface area contributed by atoms with Gasteiger partial charge in [0.25, 0.3) is 0 Å². The Kier molecular flexibility index (Phi) is 6.21. The summed E-state index contributed by atoms with van der Waals surface area (Å²) in [6, 6.07) is 11.6. The molecule has 2 aromatic rings. The first-order valence-corrected chi connectivity index (χ1v) is 12.0. The maximum atomic E-state index is 4.97. The molecule has 0 saturated carbocycles. The molecule has 0 spiro atoms. The third-order valence-electron chi connectivity index (χ3n) is 7.30. The molecule has 0 radical (unpaired) electrons. The lowest BCUT2D eigenvalue weighted by Crippen LogP contribution is -2.52. The van der Waals surface area contributed by atoms with Gasteiger partial charge >= 0.3 is 0 Å². The Morgan fingerprint density at radius 3 is 2.39 bits per heavy atom. The minimum Gasteiger partial charge on any atom is -0.356 e. The summed E-state index contributed by atoms with van der Waals surface area (Å²) < 4.78 is 0. The molecule has 0 atom stereocenters. The van der Waals surface area contributed by atoms with E-state index in [4.69, 9.17) is 9.97 Å². The van der Waals surface area contributed by atoms with Crippen LogP contribution in [0.3, 0.4) is 0 Å². The lowest BCUT2D eigenvalue weighted by molar-refractivity contribution is 0.0980. The van der Waals surface area contributed by atoms with Gasteiger partial charge in [-0.25, -0.2) is 9.97 Å². The second kappa shape index (κ2) is 9.23. The van der Waals surface area contributed by atoms with Crippen LogP contribution >= 0.6 is 0 Å². The highest BCUT2D eigenvalue weighted by molar-refractivity contribution is 5.50. The van der Waals surface area contributed by atoms with Crippen LogP contribution in [0.4, 0.5) is 5.82 Å². The van der Waals surface area contributed by atoms with Gasteiger partial charge in [0, 0.05) is 76.9 Å². The molecule has 5 rings (SSSR count). The number of benzene rings is 1. The molecule has 2 fully saturated rings. The van der Waals surface area contributed by atoms with Crippen molar-refractivity contribution < 1.29 is 0 Å². The fourth-order valence-electron chi connectivity index (χ4n) is 5.44. The average Bonchev–Trinajstić information content (AvgIpc) is 2.80. The fourth-order valence-corrected chi connectivity index (χ4v) is 5.44. The number of fused-ring (bicyclic) bond motifs is 1. The van der Waals surface area contributed by atoms with Gasteiger partial charge < -0.3 is 9.80 Å². The third kappa shape index (κ3) is 4.76. The SMILES string of the molecule is Cc1nc2c(c(N3CCC(N4CCN(C)CC4)CC3)n1)CN(Cc1ccccc1)CC2. The second-order valence-corrected chi connectivity index (χ2v) is 9.52. The predicted molar refractivity (Wildman–Crippen MR) is 125 cm³/mol. The van der Waals surface area contributed by atoms with Crippen molar-refractivity contribution in [3.63, 3.8) is 0 Å². The first-order valence-electron chi connectivity index (χ1n) is 12.0. The fraction of sp³-hybridized carbons (Fsp3) is 0.600. The summed E-state index contributed by atoms with van der Waals surface area (Å²) in [5, 5.41) is 0. The lowest BCUT2D eigenvalue weighted by atomic mass is 10.00. The summed E-state index contributed by atoms with van der Waals surface area (Å²) in [5.74, 6) is 2.13. The van der Waals surface area contributed by atoms with Crippen LogP contribution < -0.4 is 4.90 Å². The van der Waals surface area contributed by atoms with E-state index in [-0.39, 0.29) is 0 Å². The number of rotatable bonds is 4. The number of hydrogen-bond donors (Lipinski definition) is 0. The molecule has 6 heteroatoms. The first-order chi connectivity index (χ1) is 15.2. The molecule has 4 heterocycles. The molecule has 31 heavy (non-hydrogen) atoms. The summed E-state index contributed by atoms with van der Waals surface area (Å²) in [6.07, 6.45) is 3.51. The zero-order valence-corrected chi connectivity index (χ0v) is 19.1. The number of nitrogens with zero attached hydrogens (tertiary/aromatic N) is 6. The standard InChI is InChI=1S/C25H36N6/c1-20-26-24-10-11-29(18-21-6-4-3-5-7-21)19-23(24)25(27-20)31-12-8-22(9-13-31)30-16-14-28(2)15-17-30/h3-7,22H,8-19H2,1-2H3. The topological polar surface area (TPSA) is 38.7 Å². The Morgan fingerprint density at radius 2 is 1.65 bits per heavy atom. The van der Waals surface area contributed by atoms with Gasteiger partial charge in [0.15, 0.2) is 0 Å². The van der Waals surface area contributed by atoms with Gasteiger partial charge in [-0.2, -0.15) is 0 Å². The number of hydrogen-bond acceptors (Lipinski definition) is 6. The molecule has 6 nitrogen and oxygen atoms in total. The second-order valence-electron chi connectivity index (χ2n) is 9.52. The van der Waals surface area contributed by atoms with Crippen molar-refractivity contribution in [2.75, 3.05) is 57.8 Å². The Hall–Kier alpha value is -2.02. The van der Waals surface area contributed by atoms with Crippen molar-refractivity contribution in [1.29, 1.82) is 0 Å². The van der Waals surface area contributed by atoms with Crippen molar-refractivity contribution >= 4 is 5.82 Å². The summed E-state index contributed by atoms with van der Waals surface area (Å²) in [5.41, 5.74) is 4.02. The highest BCUT2D eigenvalue weighted by Gasteiger charge is 2.30. The zero-order chi connectivity index (χ0) is 21.2. The number of aryl methyl sites for hydroxylation is 1. The van der Waals surface area contributed by atoms with Crippen molar-refractivity contribution in [2.45, 2.75) is 45.3 Å². The summed E-state index contributed by atoms with van der Waals surface area (Å²) in [7, 11) is 2.24. The smallest absolute Gasteiger partial charge is 0.137 e. The number of likely N-dealkylation sites (N-methyl/N-ethyl adjacent to an activating group) is 1. The summed E-state index contributed by atoms with van der Waals surface area (Å²) in [6.45, 7) is 12.1. The van der Waals surface area contributed by atoms with Crippen molar-refractivity contribution in [1.82, 2.24) is 24.7 Å². The van der Waals surface area contributed by atoms with Crippen LogP contribution in [0.1, 0.15) is 35.5 Å². The Labute approximate surface area is 186 Å². The van der Waals surface area contributed by atoms with Gasteiger partial charge in [0.1, 0.15) is 11.6 Å². The summed E-state index contributed by atoms with van der Waals surface area (Å²) in [4.78, 5) is 20.1. The molecule has 0 aliphatic carbocycles. The van der Waals surface area contributed by atoms with Gasteiger partial charge in [-0.3, -0.25) is 9.80 Å². The maximum absolute atomic E-state index is 4.97. The Balaban J connectivity index is 1.28. The molecule has 0 N–H and O–H groups in total. The molecular weight excluding hydrogens is 384 g/mol. The highest BCUT2D eigenvalue weighted by Crippen LogP contribution is 2.30. The van der Waals surface area contributed by atoms with Crippen LogP contribution in [0.2, 0.25) is 0 Å². The van der Waals surface area contributed by atoms with Gasteiger partial charge in [-0.15, -0.1) is 0 Å². The van der Waals surface area contributed by atoms with Crippen LogP contribution in [0, 0.1) is 6.92 Å². The quantitative estimate of drug-likeness (QED) is 0.757. The molecule has 0 amide bonds. The monoisotopic (exact) mass is 420 g/mol. The van der Waals surface area contributed by atoms with Gasteiger partial charge in [-0.1, -0.05) is 30.3 Å². The molecule has 3 aliphatic heterocycles. The molecule has 1 aromatic heterocycles. The zero-order valence-electron chi connectivity index (χ0n) is 19.1. The molecular formula is C25H36N6. The largest absolute Gasteiger partial charge is 0.356 e. The van der Waals surface area contributed by atoms with Gasteiger partial charge in [-0.05, 0) is 32.4 Å². The molecule has 0 bridgehead atoms. The van der Waals surface area contributed by atoms with Crippen LogP contribution in [0.25, 0.3) is 0 Å². The normalized spacial score (nSPS) is 21.9. The van der Waals surface area contributed by atoms with Gasteiger partial charge in [0.05, 0.1) is 5.69 Å². The Morgan fingerprint density at radius 1 is 0.903 bits per heavy atom. The van der Waals surface area contributed by atoms with Crippen molar-refractivity contribution in [3.8, 4) is 0 Å². The molecule has 0 unspecified atom stereocenters. The number of piperidine rings is 1. The number of aromatic nitrogens is 2. The van der Waals surface area contributed by atoms with E-state index in [1.807, 2.05) is 0 Å². The van der Waals surface area contributed by atoms with E-state index in [2.05, 4.69) is 63.9 Å². The average molecular weight is 421 g/mol. The molecule has 1 aromatic carbocycles. The van der Waals surface area contributed by atoms with Crippen molar-refractivity contribution in [3.05, 3.63) is 53.0 Å². The molecule has 166 valence electrons. The van der Waals surface area contributed by atoms with E-state index in [0.29, 0.717) is 0 Å². The molecule has 3 aliphatic rings. The van der Waals surface area contributed by atoms with Crippen LogP contribution in [-0.4, -0.2) is 83.6 Å². The van der Waals surface area contributed by atoms with E-state index in [1.165, 1.54) is 61.7 Å². The maximum Gasteiger partial charge on any atom is 0.137 e. The minimum atomic E-state index is 0.735. The van der Waals surface area contributed by atoms with E-state index in [9.17, 15) is 0 Å². The number of anilines is 1. The van der Waals surface area contributed by atoms with Gasteiger partial charge in [0.2, 0.25) is 0 Å². The van der Waals surface area contributed by atoms with Crippen LogP contribution in [-0.2, 0) is 19.5 Å². The lowest BCUT2D eigenvalue weighted by Gasteiger charge is -2.43.